The van der Waals surface area contributed by atoms with Crippen molar-refractivity contribution < 1.29 is 13.9 Å². The average molecular weight is 420 g/mol. The molecule has 0 aliphatic heterocycles. The molecule has 152 valence electrons. The number of hydrogen-bond acceptors (Lipinski definition) is 7. The third-order valence-electron chi connectivity index (χ3n) is 4.41. The second-order valence-corrected chi connectivity index (χ2v) is 7.63. The van der Waals surface area contributed by atoms with Crippen molar-refractivity contribution in [2.45, 2.75) is 27.4 Å². The number of carbonyl (C=O) groups excluding carboxylic acids is 1. The third kappa shape index (κ3) is 4.23. The van der Waals surface area contributed by atoms with Gasteiger partial charge < -0.3 is 9.15 Å². The number of carbonyl (C=O) groups is 1. The summed E-state index contributed by atoms with van der Waals surface area (Å²) in [4.78, 5) is 18.5. The zero-order valence-corrected chi connectivity index (χ0v) is 17.6. The fourth-order valence-electron chi connectivity index (χ4n) is 3.03. The van der Waals surface area contributed by atoms with Crippen LogP contribution in [0.2, 0.25) is 0 Å². The molecule has 0 aliphatic carbocycles. The van der Waals surface area contributed by atoms with Gasteiger partial charge in [0.2, 0.25) is 5.91 Å². The maximum atomic E-state index is 12.3. The number of ether oxygens (including phenoxy) is 1. The highest BCUT2D eigenvalue weighted by molar-refractivity contribution is 7.14. The van der Waals surface area contributed by atoms with Gasteiger partial charge in [0.25, 0.3) is 5.89 Å². The molecule has 0 N–H and O–H groups in total. The minimum Gasteiger partial charge on any atom is -0.442 e. The summed E-state index contributed by atoms with van der Waals surface area (Å²) in [5.41, 5.74) is 4.46. The number of aromatic nitrogens is 3. The molecular weight excluding hydrogens is 400 g/mol. The summed E-state index contributed by atoms with van der Waals surface area (Å²) in [5, 5.41) is 10.4. The molecule has 0 spiro atoms. The van der Waals surface area contributed by atoms with Crippen molar-refractivity contribution in [3.8, 4) is 17.5 Å². The van der Waals surface area contributed by atoms with Gasteiger partial charge >= 0.3 is 6.08 Å². The number of benzene rings is 2. The van der Waals surface area contributed by atoms with Crippen LogP contribution in [0.4, 0.5) is 10.8 Å². The van der Waals surface area contributed by atoms with Crippen molar-refractivity contribution in [2.75, 3.05) is 4.90 Å². The lowest BCUT2D eigenvalue weighted by molar-refractivity contribution is -0.115. The SMILES string of the molecule is CC(=O)N(c1nc(COc2nnc(-c3ccccc3)o2)cs1)c1ccc(C)cc1C. The topological polar surface area (TPSA) is 81.4 Å². The van der Waals surface area contributed by atoms with Gasteiger partial charge in [-0.2, -0.15) is 0 Å². The van der Waals surface area contributed by atoms with Crippen LogP contribution in [-0.2, 0) is 11.4 Å². The monoisotopic (exact) mass is 420 g/mol. The molecule has 30 heavy (non-hydrogen) atoms. The van der Waals surface area contributed by atoms with E-state index < -0.39 is 0 Å². The first-order valence-corrected chi connectivity index (χ1v) is 10.2. The Morgan fingerprint density at radius 1 is 1.13 bits per heavy atom. The van der Waals surface area contributed by atoms with E-state index in [4.69, 9.17) is 9.15 Å². The molecule has 2 aromatic heterocycles. The number of rotatable bonds is 6. The predicted octanol–water partition coefficient (Wildman–Crippen LogP) is 5.07. The van der Waals surface area contributed by atoms with E-state index in [2.05, 4.69) is 15.2 Å². The van der Waals surface area contributed by atoms with Gasteiger partial charge in [0.1, 0.15) is 6.61 Å². The lowest BCUT2D eigenvalue weighted by atomic mass is 10.1. The third-order valence-corrected chi connectivity index (χ3v) is 5.28. The summed E-state index contributed by atoms with van der Waals surface area (Å²) in [5.74, 6) is 0.287. The number of hydrogen-bond donors (Lipinski definition) is 0. The van der Waals surface area contributed by atoms with Crippen LogP contribution in [0, 0.1) is 13.8 Å². The summed E-state index contributed by atoms with van der Waals surface area (Å²) < 4.78 is 11.1. The average Bonchev–Trinajstić information content (AvgIpc) is 3.38. The largest absolute Gasteiger partial charge is 0.442 e. The van der Waals surface area contributed by atoms with E-state index in [-0.39, 0.29) is 18.6 Å². The number of aryl methyl sites for hydroxylation is 2. The van der Waals surface area contributed by atoms with E-state index in [9.17, 15) is 4.79 Å². The number of nitrogens with zero attached hydrogens (tertiary/aromatic N) is 4. The van der Waals surface area contributed by atoms with E-state index in [1.807, 2.05) is 67.8 Å². The first-order valence-electron chi connectivity index (χ1n) is 9.35. The maximum Gasteiger partial charge on any atom is 0.415 e. The molecule has 0 fully saturated rings. The van der Waals surface area contributed by atoms with Crippen molar-refractivity contribution in [1.29, 1.82) is 0 Å². The molecule has 0 saturated carbocycles. The predicted molar refractivity (Wildman–Crippen MR) is 115 cm³/mol. The van der Waals surface area contributed by atoms with Crippen molar-refractivity contribution in [3.05, 3.63) is 70.7 Å². The van der Waals surface area contributed by atoms with Gasteiger partial charge in [0.15, 0.2) is 5.13 Å². The molecule has 2 aromatic carbocycles. The van der Waals surface area contributed by atoms with Crippen LogP contribution < -0.4 is 9.64 Å². The Bertz CT molecular complexity index is 1170. The Balaban J connectivity index is 1.48. The molecule has 0 atom stereocenters. The van der Waals surface area contributed by atoms with Gasteiger partial charge in [-0.15, -0.1) is 16.4 Å². The van der Waals surface area contributed by atoms with Crippen LogP contribution in [0.15, 0.2) is 58.3 Å². The Hall–Kier alpha value is -3.52. The van der Waals surface area contributed by atoms with Crippen LogP contribution in [-0.4, -0.2) is 21.1 Å². The molecule has 0 aliphatic rings. The van der Waals surface area contributed by atoms with E-state index >= 15 is 0 Å². The minimum absolute atomic E-state index is 0.0706. The Kier molecular flexibility index (Phi) is 5.58. The zero-order valence-electron chi connectivity index (χ0n) is 16.8. The Labute approximate surface area is 178 Å². The normalized spacial score (nSPS) is 10.8. The summed E-state index contributed by atoms with van der Waals surface area (Å²) in [7, 11) is 0. The molecule has 4 rings (SSSR count). The van der Waals surface area contributed by atoms with E-state index in [0.29, 0.717) is 16.7 Å². The van der Waals surface area contributed by atoms with Crippen molar-refractivity contribution in [1.82, 2.24) is 15.2 Å². The first kappa shape index (κ1) is 19.8. The quantitative estimate of drug-likeness (QED) is 0.433. The maximum absolute atomic E-state index is 12.3. The van der Waals surface area contributed by atoms with Gasteiger partial charge in [-0.05, 0) is 37.6 Å². The van der Waals surface area contributed by atoms with E-state index in [1.165, 1.54) is 18.3 Å². The van der Waals surface area contributed by atoms with Gasteiger partial charge in [-0.3, -0.25) is 9.69 Å². The van der Waals surface area contributed by atoms with Gasteiger partial charge in [0, 0.05) is 17.9 Å². The molecule has 0 saturated heterocycles. The number of anilines is 2. The summed E-state index contributed by atoms with van der Waals surface area (Å²) in [6, 6.07) is 15.4. The molecule has 2 heterocycles. The molecule has 8 heteroatoms. The highest BCUT2D eigenvalue weighted by atomic mass is 32.1. The number of thiazole rings is 1. The Morgan fingerprint density at radius 3 is 2.67 bits per heavy atom. The van der Waals surface area contributed by atoms with Crippen LogP contribution in [0.3, 0.4) is 0 Å². The van der Waals surface area contributed by atoms with Gasteiger partial charge in [-0.1, -0.05) is 41.0 Å². The summed E-state index contributed by atoms with van der Waals surface area (Å²) in [6.45, 7) is 5.69. The van der Waals surface area contributed by atoms with E-state index in [0.717, 1.165) is 22.4 Å². The highest BCUT2D eigenvalue weighted by Crippen LogP contribution is 2.32. The van der Waals surface area contributed by atoms with Crippen LogP contribution >= 0.6 is 11.3 Å². The smallest absolute Gasteiger partial charge is 0.415 e. The lowest BCUT2D eigenvalue weighted by Crippen LogP contribution is -2.23. The minimum atomic E-state index is -0.104. The van der Waals surface area contributed by atoms with Crippen molar-refractivity contribution in [3.63, 3.8) is 0 Å². The molecule has 0 bridgehead atoms. The molecule has 1 amide bonds. The second-order valence-electron chi connectivity index (χ2n) is 6.79. The molecule has 7 nitrogen and oxygen atoms in total. The number of amides is 1. The standard InChI is InChI=1S/C22H20N4O3S/c1-14-9-10-19(15(2)11-14)26(16(3)27)21-23-18(13-30-21)12-28-22-25-24-20(29-22)17-7-5-4-6-8-17/h4-11,13H,12H2,1-3H3. The van der Waals surface area contributed by atoms with Gasteiger partial charge in [-0.25, -0.2) is 4.98 Å². The molecular formula is C22H20N4O3S. The van der Waals surface area contributed by atoms with E-state index in [1.54, 1.807) is 4.90 Å². The highest BCUT2D eigenvalue weighted by Gasteiger charge is 2.20. The first-order chi connectivity index (χ1) is 14.5. The summed E-state index contributed by atoms with van der Waals surface area (Å²) >= 11 is 1.38. The second kappa shape index (κ2) is 8.46. The Morgan fingerprint density at radius 2 is 1.93 bits per heavy atom. The van der Waals surface area contributed by atoms with Crippen LogP contribution in [0.25, 0.3) is 11.5 Å². The molecule has 0 unspecified atom stereocenters. The van der Waals surface area contributed by atoms with Gasteiger partial charge in [0.05, 0.1) is 11.4 Å². The molecule has 0 radical (unpaired) electrons. The zero-order chi connectivity index (χ0) is 21.1. The van der Waals surface area contributed by atoms with Crippen molar-refractivity contribution in [2.24, 2.45) is 0 Å². The fourth-order valence-corrected chi connectivity index (χ4v) is 3.89. The van der Waals surface area contributed by atoms with Crippen LogP contribution in [0.1, 0.15) is 23.7 Å². The summed E-state index contributed by atoms with van der Waals surface area (Å²) in [6.07, 6.45) is 0.0706. The van der Waals surface area contributed by atoms with Crippen LogP contribution in [0.5, 0.6) is 6.08 Å². The fraction of sp³-hybridized carbons (Fsp3) is 0.182. The molecule has 4 aromatic rings. The lowest BCUT2D eigenvalue weighted by Gasteiger charge is -2.20. The van der Waals surface area contributed by atoms with Crippen molar-refractivity contribution >= 4 is 28.1 Å².